The minimum atomic E-state index is -0.00233. The number of aliphatic imine (C=N–C) groups is 1. The molecule has 3 heterocycles. The van der Waals surface area contributed by atoms with Crippen molar-refractivity contribution in [2.45, 2.75) is 52.0 Å². The van der Waals surface area contributed by atoms with Crippen LogP contribution in [-0.2, 0) is 4.79 Å². The molecular formula is C22H42N6O. The Bertz CT molecular complexity index is 531. The lowest BCUT2D eigenvalue weighted by Crippen LogP contribution is -2.57. The van der Waals surface area contributed by atoms with E-state index in [1.807, 2.05) is 11.9 Å². The van der Waals surface area contributed by atoms with Crippen LogP contribution in [0.3, 0.4) is 0 Å². The molecule has 0 aliphatic carbocycles. The maximum Gasteiger partial charge on any atom is 0.239 e. The maximum atomic E-state index is 12.7. The first-order chi connectivity index (χ1) is 14.1. The van der Waals surface area contributed by atoms with Crippen molar-refractivity contribution in [3.8, 4) is 0 Å². The van der Waals surface area contributed by atoms with Crippen LogP contribution in [0.5, 0.6) is 0 Å². The third-order valence-corrected chi connectivity index (χ3v) is 6.96. The number of amides is 1. The quantitative estimate of drug-likeness (QED) is 0.410. The van der Waals surface area contributed by atoms with Gasteiger partial charge in [0.05, 0.1) is 6.04 Å². The molecule has 1 amide bonds. The third-order valence-electron chi connectivity index (χ3n) is 6.96. The standard InChI is InChI=1S/C22H42N6O/c1-19-7-13-25(14-8-19)10-6-9-24-22(23-3)28-17-15-26(16-18-28)20(2)21(29)27-11-4-5-12-27/h19-20H,4-18H2,1-3H3,(H,23,24). The van der Waals surface area contributed by atoms with E-state index in [4.69, 9.17) is 0 Å². The molecule has 3 rings (SSSR count). The van der Waals surface area contributed by atoms with Gasteiger partial charge in [0.25, 0.3) is 0 Å². The van der Waals surface area contributed by atoms with Crippen molar-refractivity contribution in [1.29, 1.82) is 0 Å². The molecule has 1 atom stereocenters. The number of nitrogens with zero attached hydrogens (tertiary/aromatic N) is 5. The third kappa shape index (κ3) is 6.32. The van der Waals surface area contributed by atoms with Crippen LogP contribution < -0.4 is 5.32 Å². The van der Waals surface area contributed by atoms with Gasteiger partial charge in [-0.1, -0.05) is 6.92 Å². The smallest absolute Gasteiger partial charge is 0.239 e. The number of guanidine groups is 1. The summed E-state index contributed by atoms with van der Waals surface area (Å²) in [6.07, 6.45) is 6.17. The molecule has 1 N–H and O–H groups in total. The Balaban J connectivity index is 1.34. The second-order valence-electron chi connectivity index (χ2n) is 9.08. The van der Waals surface area contributed by atoms with Crippen molar-refractivity contribution in [1.82, 2.24) is 24.9 Å². The highest BCUT2D eigenvalue weighted by Gasteiger charge is 2.30. The van der Waals surface area contributed by atoms with Crippen molar-refractivity contribution in [3.63, 3.8) is 0 Å². The van der Waals surface area contributed by atoms with Gasteiger partial charge < -0.3 is 20.0 Å². The molecule has 3 fully saturated rings. The summed E-state index contributed by atoms with van der Waals surface area (Å²) in [6, 6.07) is -0.00233. The molecule has 0 aromatic carbocycles. The van der Waals surface area contributed by atoms with Crippen LogP contribution in [0.25, 0.3) is 0 Å². The van der Waals surface area contributed by atoms with E-state index >= 15 is 0 Å². The minimum Gasteiger partial charge on any atom is -0.356 e. The van der Waals surface area contributed by atoms with Crippen LogP contribution in [-0.4, -0.2) is 110 Å². The first kappa shape index (κ1) is 22.3. The second kappa shape index (κ2) is 11.2. The summed E-state index contributed by atoms with van der Waals surface area (Å²) < 4.78 is 0. The molecule has 3 aliphatic heterocycles. The van der Waals surface area contributed by atoms with Crippen molar-refractivity contribution in [2.75, 3.05) is 72.5 Å². The summed E-state index contributed by atoms with van der Waals surface area (Å²) in [6.45, 7) is 14.7. The van der Waals surface area contributed by atoms with E-state index in [2.05, 4.69) is 38.9 Å². The number of carbonyl (C=O) groups is 1. The number of hydrogen-bond donors (Lipinski definition) is 1. The zero-order valence-electron chi connectivity index (χ0n) is 18.9. The van der Waals surface area contributed by atoms with E-state index < -0.39 is 0 Å². The molecule has 3 saturated heterocycles. The van der Waals surface area contributed by atoms with Gasteiger partial charge in [-0.05, 0) is 64.6 Å². The summed E-state index contributed by atoms with van der Waals surface area (Å²) in [4.78, 5) is 26.5. The molecule has 0 spiro atoms. The van der Waals surface area contributed by atoms with Gasteiger partial charge in [0.15, 0.2) is 5.96 Å². The predicted octanol–water partition coefficient (Wildman–Crippen LogP) is 1.31. The van der Waals surface area contributed by atoms with Crippen LogP contribution >= 0.6 is 0 Å². The van der Waals surface area contributed by atoms with Crippen molar-refractivity contribution < 1.29 is 4.79 Å². The van der Waals surface area contributed by atoms with Gasteiger partial charge in [0.1, 0.15) is 0 Å². The molecule has 3 aliphatic rings. The zero-order valence-corrected chi connectivity index (χ0v) is 18.9. The molecule has 0 bridgehead atoms. The van der Waals surface area contributed by atoms with Gasteiger partial charge in [-0.25, -0.2) is 0 Å². The normalized spacial score (nSPS) is 24.2. The summed E-state index contributed by atoms with van der Waals surface area (Å²) >= 11 is 0. The lowest BCUT2D eigenvalue weighted by atomic mass is 9.99. The van der Waals surface area contributed by atoms with Crippen molar-refractivity contribution in [3.05, 3.63) is 0 Å². The van der Waals surface area contributed by atoms with Crippen LogP contribution in [0.4, 0.5) is 0 Å². The molecule has 1 unspecified atom stereocenters. The molecule has 166 valence electrons. The summed E-state index contributed by atoms with van der Waals surface area (Å²) in [5, 5.41) is 3.55. The van der Waals surface area contributed by atoms with Crippen LogP contribution in [0.2, 0.25) is 0 Å². The predicted molar refractivity (Wildman–Crippen MR) is 119 cm³/mol. The average Bonchev–Trinajstić information content (AvgIpc) is 3.29. The fourth-order valence-corrected chi connectivity index (χ4v) is 4.80. The average molecular weight is 407 g/mol. The Morgan fingerprint density at radius 3 is 2.28 bits per heavy atom. The molecule has 0 saturated carbocycles. The Kier molecular flexibility index (Phi) is 8.60. The van der Waals surface area contributed by atoms with Gasteiger partial charge >= 0.3 is 0 Å². The molecule has 7 heteroatoms. The van der Waals surface area contributed by atoms with Crippen molar-refractivity contribution in [2.24, 2.45) is 10.9 Å². The van der Waals surface area contributed by atoms with Crippen LogP contribution in [0.1, 0.15) is 46.0 Å². The Morgan fingerprint density at radius 2 is 1.66 bits per heavy atom. The number of nitrogens with one attached hydrogen (secondary N) is 1. The zero-order chi connectivity index (χ0) is 20.6. The minimum absolute atomic E-state index is 0.00233. The fourth-order valence-electron chi connectivity index (χ4n) is 4.80. The molecule has 0 aromatic rings. The van der Waals surface area contributed by atoms with E-state index in [0.717, 1.165) is 77.0 Å². The lowest BCUT2D eigenvalue weighted by Gasteiger charge is -2.39. The van der Waals surface area contributed by atoms with E-state index in [1.165, 1.54) is 32.5 Å². The lowest BCUT2D eigenvalue weighted by molar-refractivity contribution is -0.135. The molecule has 0 radical (unpaired) electrons. The highest BCUT2D eigenvalue weighted by molar-refractivity contribution is 5.82. The van der Waals surface area contributed by atoms with Gasteiger partial charge in [0, 0.05) is 52.9 Å². The number of piperidine rings is 1. The van der Waals surface area contributed by atoms with Gasteiger partial charge in [0.2, 0.25) is 5.91 Å². The van der Waals surface area contributed by atoms with E-state index in [1.54, 1.807) is 0 Å². The van der Waals surface area contributed by atoms with E-state index in [9.17, 15) is 4.79 Å². The highest BCUT2D eigenvalue weighted by atomic mass is 16.2. The molecular weight excluding hydrogens is 364 g/mol. The number of piperazine rings is 1. The number of rotatable bonds is 6. The highest BCUT2D eigenvalue weighted by Crippen LogP contribution is 2.16. The summed E-state index contributed by atoms with van der Waals surface area (Å²) in [7, 11) is 1.88. The van der Waals surface area contributed by atoms with Crippen LogP contribution in [0.15, 0.2) is 4.99 Å². The summed E-state index contributed by atoms with van der Waals surface area (Å²) in [5.74, 6) is 2.22. The van der Waals surface area contributed by atoms with Gasteiger partial charge in [-0.3, -0.25) is 14.7 Å². The van der Waals surface area contributed by atoms with Gasteiger partial charge in [-0.2, -0.15) is 0 Å². The topological polar surface area (TPSA) is 54.4 Å². The monoisotopic (exact) mass is 406 g/mol. The molecule has 7 nitrogen and oxygen atoms in total. The second-order valence-corrected chi connectivity index (χ2v) is 9.08. The number of likely N-dealkylation sites (tertiary alicyclic amines) is 2. The first-order valence-corrected chi connectivity index (χ1v) is 11.8. The number of carbonyl (C=O) groups excluding carboxylic acids is 1. The molecule has 0 aromatic heterocycles. The summed E-state index contributed by atoms with van der Waals surface area (Å²) in [5.41, 5.74) is 0. The largest absolute Gasteiger partial charge is 0.356 e. The fraction of sp³-hybridized carbons (Fsp3) is 0.909. The Morgan fingerprint density at radius 1 is 1.00 bits per heavy atom. The van der Waals surface area contributed by atoms with E-state index in [0.29, 0.717) is 5.91 Å². The van der Waals surface area contributed by atoms with Crippen LogP contribution in [0, 0.1) is 5.92 Å². The van der Waals surface area contributed by atoms with E-state index in [-0.39, 0.29) is 6.04 Å². The SMILES string of the molecule is CN=C(NCCCN1CCC(C)CC1)N1CCN(C(C)C(=O)N2CCCC2)CC1. The van der Waals surface area contributed by atoms with Gasteiger partial charge in [-0.15, -0.1) is 0 Å². The Labute approximate surface area is 177 Å². The van der Waals surface area contributed by atoms with Crippen molar-refractivity contribution >= 4 is 11.9 Å². The number of hydrogen-bond acceptors (Lipinski definition) is 4. The Hall–Kier alpha value is -1.34. The molecule has 29 heavy (non-hydrogen) atoms. The maximum absolute atomic E-state index is 12.7. The first-order valence-electron chi connectivity index (χ1n) is 11.8.